The van der Waals surface area contributed by atoms with Crippen molar-refractivity contribution >= 4 is 5.97 Å². The Morgan fingerprint density at radius 1 is 1.18 bits per heavy atom. The number of hydrogen-bond acceptors (Lipinski definition) is 4. The average molecular weight is 303 g/mol. The Morgan fingerprint density at radius 2 is 1.86 bits per heavy atom. The topological polar surface area (TPSA) is 61.5 Å². The molecule has 0 aromatic heterocycles. The average Bonchev–Trinajstić information content (AvgIpc) is 2.54. The number of rotatable bonds is 6. The van der Waals surface area contributed by atoms with E-state index in [0.29, 0.717) is 17.7 Å². The Bertz CT molecular complexity index is 628. The first-order chi connectivity index (χ1) is 10.6. The van der Waals surface area contributed by atoms with Gasteiger partial charge >= 0.3 is 5.97 Å². The van der Waals surface area contributed by atoms with Gasteiger partial charge in [0.25, 0.3) is 0 Å². The quantitative estimate of drug-likeness (QED) is 0.833. The Hall–Kier alpha value is -2.40. The van der Waals surface area contributed by atoms with Gasteiger partial charge in [-0.1, -0.05) is 30.3 Å². The summed E-state index contributed by atoms with van der Waals surface area (Å²) in [5, 5.41) is 0. The number of carbonyl (C=O) groups is 1. The van der Waals surface area contributed by atoms with Crippen LogP contribution in [0.2, 0.25) is 0 Å². The first kappa shape index (κ1) is 16.0. The Morgan fingerprint density at radius 3 is 2.50 bits per heavy atom. The van der Waals surface area contributed by atoms with Crippen molar-refractivity contribution in [2.75, 3.05) is 7.11 Å². The van der Waals surface area contributed by atoms with Gasteiger partial charge in [-0.05, 0) is 30.2 Å². The highest BCUT2D eigenvalue weighted by Crippen LogP contribution is 2.16. The molecule has 0 fully saturated rings. The van der Waals surface area contributed by atoms with Crippen LogP contribution in [0.4, 0.5) is 4.39 Å². The van der Waals surface area contributed by atoms with E-state index >= 15 is 0 Å². The van der Waals surface area contributed by atoms with Gasteiger partial charge < -0.3 is 15.2 Å². The zero-order chi connectivity index (χ0) is 15.9. The zero-order valence-electron chi connectivity index (χ0n) is 12.3. The summed E-state index contributed by atoms with van der Waals surface area (Å²) in [4.78, 5) is 11.3. The molecule has 116 valence electrons. The zero-order valence-corrected chi connectivity index (χ0v) is 12.3. The molecule has 0 aliphatic heterocycles. The molecule has 0 radical (unpaired) electrons. The van der Waals surface area contributed by atoms with Crippen LogP contribution >= 0.6 is 0 Å². The van der Waals surface area contributed by atoms with E-state index in [1.54, 1.807) is 30.3 Å². The summed E-state index contributed by atoms with van der Waals surface area (Å²) >= 11 is 0. The molecule has 0 saturated heterocycles. The lowest BCUT2D eigenvalue weighted by atomic mass is 10.1. The molecule has 22 heavy (non-hydrogen) atoms. The van der Waals surface area contributed by atoms with Crippen LogP contribution in [0.3, 0.4) is 0 Å². The summed E-state index contributed by atoms with van der Waals surface area (Å²) in [6.07, 6.45) is 0.389. The summed E-state index contributed by atoms with van der Waals surface area (Å²) in [7, 11) is 1.31. The fourth-order valence-electron chi connectivity index (χ4n) is 1.99. The van der Waals surface area contributed by atoms with Crippen molar-refractivity contribution in [3.8, 4) is 5.75 Å². The first-order valence-electron chi connectivity index (χ1n) is 6.88. The highest BCUT2D eigenvalue weighted by molar-refractivity contribution is 5.75. The Balaban J connectivity index is 1.92. The maximum absolute atomic E-state index is 13.5. The molecule has 1 atom stereocenters. The largest absolute Gasteiger partial charge is 0.489 e. The lowest BCUT2D eigenvalue weighted by Crippen LogP contribution is -2.33. The predicted octanol–water partition coefficient (Wildman–Crippen LogP) is 2.45. The van der Waals surface area contributed by atoms with E-state index < -0.39 is 12.0 Å². The second-order valence-electron chi connectivity index (χ2n) is 4.86. The Kier molecular flexibility index (Phi) is 5.49. The molecule has 0 saturated carbocycles. The van der Waals surface area contributed by atoms with Crippen LogP contribution in [-0.2, 0) is 22.6 Å². The van der Waals surface area contributed by atoms with Crippen LogP contribution < -0.4 is 10.5 Å². The molecule has 2 N–H and O–H groups in total. The minimum absolute atomic E-state index is 0.160. The summed E-state index contributed by atoms with van der Waals surface area (Å²) < 4.78 is 23.6. The van der Waals surface area contributed by atoms with Crippen LogP contribution in [0, 0.1) is 5.82 Å². The third-order valence-corrected chi connectivity index (χ3v) is 3.24. The molecule has 0 bridgehead atoms. The fraction of sp³-hybridized carbons (Fsp3) is 0.235. The second-order valence-corrected chi connectivity index (χ2v) is 4.86. The van der Waals surface area contributed by atoms with Gasteiger partial charge in [0.1, 0.15) is 24.2 Å². The van der Waals surface area contributed by atoms with Crippen molar-refractivity contribution in [3.05, 3.63) is 65.5 Å². The number of ether oxygens (including phenoxy) is 2. The van der Waals surface area contributed by atoms with Crippen LogP contribution in [0.5, 0.6) is 5.75 Å². The van der Waals surface area contributed by atoms with E-state index in [9.17, 15) is 9.18 Å². The molecule has 2 rings (SSSR count). The van der Waals surface area contributed by atoms with Crippen LogP contribution in [0.15, 0.2) is 48.5 Å². The number of nitrogens with two attached hydrogens (primary N) is 1. The lowest BCUT2D eigenvalue weighted by Gasteiger charge is -2.10. The molecule has 4 nitrogen and oxygen atoms in total. The van der Waals surface area contributed by atoms with Gasteiger partial charge in [-0.15, -0.1) is 0 Å². The molecule has 0 aliphatic rings. The van der Waals surface area contributed by atoms with Crippen LogP contribution in [0.1, 0.15) is 11.1 Å². The summed E-state index contributed by atoms with van der Waals surface area (Å²) in [5.74, 6) is -0.110. The summed E-state index contributed by atoms with van der Waals surface area (Å²) in [6.45, 7) is 0.160. The van der Waals surface area contributed by atoms with Gasteiger partial charge in [-0.3, -0.25) is 4.79 Å². The van der Waals surface area contributed by atoms with Crippen molar-refractivity contribution in [1.29, 1.82) is 0 Å². The van der Waals surface area contributed by atoms with Crippen molar-refractivity contribution < 1.29 is 18.7 Å². The van der Waals surface area contributed by atoms with E-state index in [-0.39, 0.29) is 12.4 Å². The van der Waals surface area contributed by atoms with E-state index in [1.807, 2.05) is 12.1 Å². The van der Waals surface area contributed by atoms with E-state index in [0.717, 1.165) is 5.56 Å². The number of benzene rings is 2. The van der Waals surface area contributed by atoms with Crippen molar-refractivity contribution in [2.45, 2.75) is 19.1 Å². The van der Waals surface area contributed by atoms with E-state index in [4.69, 9.17) is 10.5 Å². The third kappa shape index (κ3) is 4.30. The molecule has 1 unspecified atom stereocenters. The van der Waals surface area contributed by atoms with Gasteiger partial charge in [0.15, 0.2) is 0 Å². The smallest absolute Gasteiger partial charge is 0.322 e. The van der Waals surface area contributed by atoms with Gasteiger partial charge in [-0.25, -0.2) is 4.39 Å². The maximum Gasteiger partial charge on any atom is 0.322 e. The minimum Gasteiger partial charge on any atom is -0.489 e. The van der Waals surface area contributed by atoms with Gasteiger partial charge in [0.05, 0.1) is 7.11 Å². The number of carbonyl (C=O) groups excluding carboxylic acids is 1. The molecular weight excluding hydrogens is 285 g/mol. The predicted molar refractivity (Wildman–Crippen MR) is 80.9 cm³/mol. The third-order valence-electron chi connectivity index (χ3n) is 3.24. The van der Waals surface area contributed by atoms with Gasteiger partial charge in [0, 0.05) is 5.56 Å². The molecule has 2 aromatic rings. The SMILES string of the molecule is COC(=O)C(N)Cc1ccc(OCc2ccccc2F)cc1. The van der Waals surface area contributed by atoms with Gasteiger partial charge in [-0.2, -0.15) is 0 Å². The summed E-state index contributed by atoms with van der Waals surface area (Å²) in [6, 6.07) is 13.0. The van der Waals surface area contributed by atoms with Crippen LogP contribution in [0.25, 0.3) is 0 Å². The molecule has 0 aliphatic carbocycles. The van der Waals surface area contributed by atoms with Crippen molar-refractivity contribution in [2.24, 2.45) is 5.73 Å². The van der Waals surface area contributed by atoms with Crippen molar-refractivity contribution in [3.63, 3.8) is 0 Å². The lowest BCUT2D eigenvalue weighted by molar-refractivity contribution is -0.142. The monoisotopic (exact) mass is 303 g/mol. The molecule has 2 aromatic carbocycles. The molecule has 0 amide bonds. The molecular formula is C17H18FNO3. The number of halogens is 1. The Labute approximate surface area is 128 Å². The molecule has 5 heteroatoms. The standard InChI is InChI=1S/C17H18FNO3/c1-21-17(20)16(19)10-12-6-8-14(9-7-12)22-11-13-4-2-3-5-15(13)18/h2-9,16H,10-11,19H2,1H3. The second kappa shape index (κ2) is 7.56. The van der Waals surface area contributed by atoms with E-state index in [2.05, 4.69) is 4.74 Å². The fourth-order valence-corrected chi connectivity index (χ4v) is 1.99. The first-order valence-corrected chi connectivity index (χ1v) is 6.88. The minimum atomic E-state index is -0.685. The highest BCUT2D eigenvalue weighted by Gasteiger charge is 2.14. The summed E-state index contributed by atoms with van der Waals surface area (Å²) in [5.41, 5.74) is 7.10. The van der Waals surface area contributed by atoms with E-state index in [1.165, 1.54) is 13.2 Å². The maximum atomic E-state index is 13.5. The molecule has 0 heterocycles. The van der Waals surface area contributed by atoms with Crippen LogP contribution in [-0.4, -0.2) is 19.1 Å². The van der Waals surface area contributed by atoms with Gasteiger partial charge in [0.2, 0.25) is 0 Å². The number of hydrogen-bond donors (Lipinski definition) is 1. The van der Waals surface area contributed by atoms with Crippen molar-refractivity contribution in [1.82, 2.24) is 0 Å². The molecule has 0 spiro atoms. The number of methoxy groups -OCH3 is 1. The highest BCUT2D eigenvalue weighted by atomic mass is 19.1. The number of esters is 1. The normalized spacial score (nSPS) is 11.8.